The van der Waals surface area contributed by atoms with Gasteiger partial charge in [0, 0.05) is 44.7 Å². The average molecular weight is 479 g/mol. The molecule has 1 saturated heterocycles. The van der Waals surface area contributed by atoms with Gasteiger partial charge in [-0.25, -0.2) is 8.42 Å². The second-order valence-corrected chi connectivity index (χ2v) is 10.8. The van der Waals surface area contributed by atoms with Crippen LogP contribution >= 0.6 is 0 Å². The fourth-order valence-electron chi connectivity index (χ4n) is 4.86. The Morgan fingerprint density at radius 1 is 0.853 bits per heavy atom. The number of anilines is 1. The van der Waals surface area contributed by atoms with Crippen LogP contribution in [0.1, 0.15) is 12.0 Å². The van der Waals surface area contributed by atoms with Crippen molar-refractivity contribution in [3.8, 4) is 0 Å². The smallest absolute Gasteiger partial charge is 0.265 e. The molecule has 2 heterocycles. The van der Waals surface area contributed by atoms with Crippen molar-refractivity contribution in [1.29, 1.82) is 0 Å². The zero-order chi connectivity index (χ0) is 23.5. The van der Waals surface area contributed by atoms with Crippen molar-refractivity contribution in [2.75, 3.05) is 50.1 Å². The minimum absolute atomic E-state index is 0.200. The maximum absolute atomic E-state index is 13.0. The zero-order valence-electron chi connectivity index (χ0n) is 19.2. The lowest BCUT2D eigenvalue weighted by atomic mass is 10.1. The molecule has 3 aromatic carbocycles. The highest BCUT2D eigenvalue weighted by atomic mass is 32.2. The molecule has 1 amide bonds. The monoisotopic (exact) mass is 478 g/mol. The Bertz CT molecular complexity index is 1270. The molecule has 0 spiro atoms. The van der Waals surface area contributed by atoms with Gasteiger partial charge in [0.25, 0.3) is 10.0 Å². The molecule has 0 atom stereocenters. The summed E-state index contributed by atoms with van der Waals surface area (Å²) in [5, 5.41) is 4.47. The highest BCUT2D eigenvalue weighted by Gasteiger charge is 2.36. The molecule has 3 aromatic rings. The SMILES string of the molecule is O=C(CN1c2cccc3cccc(c23)S1(=O)=O)NCCCN1CCN(Cc2ccccc2)CC1. The van der Waals surface area contributed by atoms with Gasteiger partial charge in [-0.3, -0.25) is 14.0 Å². The second kappa shape index (κ2) is 9.74. The molecule has 34 heavy (non-hydrogen) atoms. The van der Waals surface area contributed by atoms with E-state index in [4.69, 9.17) is 0 Å². The number of carbonyl (C=O) groups excluding carboxylic acids is 1. The highest BCUT2D eigenvalue weighted by Crippen LogP contribution is 2.41. The summed E-state index contributed by atoms with van der Waals surface area (Å²) in [4.78, 5) is 17.8. The first-order chi connectivity index (χ1) is 16.5. The third-order valence-electron chi connectivity index (χ3n) is 6.66. The van der Waals surface area contributed by atoms with Crippen LogP contribution in [0.2, 0.25) is 0 Å². The molecule has 0 aromatic heterocycles. The van der Waals surface area contributed by atoms with E-state index >= 15 is 0 Å². The molecule has 1 fully saturated rings. The number of rotatable bonds is 8. The number of hydrogen-bond donors (Lipinski definition) is 1. The fourth-order valence-corrected chi connectivity index (χ4v) is 6.52. The number of benzene rings is 3. The minimum atomic E-state index is -3.71. The Kier molecular flexibility index (Phi) is 6.54. The standard InChI is InChI=1S/C26H30N4O3S/c31-25(20-30-23-11-4-9-22-10-5-12-24(26(22)23)34(30,32)33)27-13-6-14-28-15-17-29(18-16-28)19-21-7-2-1-3-8-21/h1-5,7-12H,6,13-20H2,(H,27,31). The van der Waals surface area contributed by atoms with Gasteiger partial charge in [-0.1, -0.05) is 54.6 Å². The first-order valence-corrected chi connectivity index (χ1v) is 13.3. The molecular formula is C26H30N4O3S. The van der Waals surface area contributed by atoms with Crippen LogP contribution in [0.3, 0.4) is 0 Å². The largest absolute Gasteiger partial charge is 0.354 e. The van der Waals surface area contributed by atoms with E-state index in [0.29, 0.717) is 17.6 Å². The summed E-state index contributed by atoms with van der Waals surface area (Å²) in [6.45, 7) is 6.38. The van der Waals surface area contributed by atoms with Crippen molar-refractivity contribution in [2.45, 2.75) is 17.9 Å². The molecule has 2 aliphatic heterocycles. The molecule has 0 saturated carbocycles. The van der Waals surface area contributed by atoms with E-state index in [2.05, 4.69) is 39.4 Å². The van der Waals surface area contributed by atoms with E-state index in [1.54, 1.807) is 18.2 Å². The predicted octanol–water partition coefficient (Wildman–Crippen LogP) is 2.67. The van der Waals surface area contributed by atoms with Gasteiger partial charge < -0.3 is 10.2 Å². The number of amides is 1. The van der Waals surface area contributed by atoms with Gasteiger partial charge in [-0.2, -0.15) is 0 Å². The minimum Gasteiger partial charge on any atom is -0.354 e. The number of carbonyl (C=O) groups is 1. The van der Waals surface area contributed by atoms with Crippen LogP contribution in [-0.2, 0) is 21.4 Å². The van der Waals surface area contributed by atoms with Crippen LogP contribution in [-0.4, -0.2) is 69.9 Å². The Hall–Kier alpha value is -2.94. The number of nitrogens with zero attached hydrogens (tertiary/aromatic N) is 3. The topological polar surface area (TPSA) is 73.0 Å². The number of hydrogen-bond acceptors (Lipinski definition) is 5. The average Bonchev–Trinajstić information content (AvgIpc) is 3.07. The Morgan fingerprint density at radius 3 is 2.32 bits per heavy atom. The third-order valence-corrected chi connectivity index (χ3v) is 8.46. The summed E-state index contributed by atoms with van der Waals surface area (Å²) in [6.07, 6.45) is 0.840. The van der Waals surface area contributed by atoms with E-state index in [1.165, 1.54) is 9.87 Å². The van der Waals surface area contributed by atoms with Crippen molar-refractivity contribution >= 4 is 32.4 Å². The molecule has 7 nitrogen and oxygen atoms in total. The summed E-state index contributed by atoms with van der Waals surface area (Å²) >= 11 is 0. The van der Waals surface area contributed by atoms with E-state index in [1.807, 2.05) is 24.3 Å². The van der Waals surface area contributed by atoms with E-state index < -0.39 is 10.0 Å². The molecular weight excluding hydrogens is 448 g/mol. The quantitative estimate of drug-likeness (QED) is 0.504. The van der Waals surface area contributed by atoms with Gasteiger partial charge in [0.2, 0.25) is 5.91 Å². The summed E-state index contributed by atoms with van der Waals surface area (Å²) in [5.41, 5.74) is 1.93. The van der Waals surface area contributed by atoms with Crippen LogP contribution in [0.25, 0.3) is 10.8 Å². The molecule has 8 heteroatoms. The lowest BCUT2D eigenvalue weighted by Crippen LogP contribution is -2.46. The van der Waals surface area contributed by atoms with E-state index in [9.17, 15) is 13.2 Å². The first-order valence-electron chi connectivity index (χ1n) is 11.8. The highest BCUT2D eigenvalue weighted by molar-refractivity contribution is 7.93. The number of sulfonamides is 1. The molecule has 0 radical (unpaired) electrons. The van der Waals surface area contributed by atoms with Crippen molar-refractivity contribution < 1.29 is 13.2 Å². The van der Waals surface area contributed by atoms with Crippen LogP contribution < -0.4 is 9.62 Å². The van der Waals surface area contributed by atoms with Gasteiger partial charge in [0.05, 0.1) is 10.6 Å². The summed E-state index contributed by atoms with van der Waals surface area (Å²) in [6, 6.07) is 21.3. The zero-order valence-corrected chi connectivity index (χ0v) is 20.0. The number of piperazine rings is 1. The molecule has 5 rings (SSSR count). The van der Waals surface area contributed by atoms with Crippen LogP contribution in [0.5, 0.6) is 0 Å². The summed E-state index contributed by atoms with van der Waals surface area (Å²) in [7, 11) is -3.71. The van der Waals surface area contributed by atoms with Crippen LogP contribution in [0.15, 0.2) is 71.6 Å². The molecule has 0 unspecified atom stereocenters. The summed E-state index contributed by atoms with van der Waals surface area (Å²) in [5.74, 6) is -0.277. The molecule has 1 N–H and O–H groups in total. The first kappa shape index (κ1) is 22.8. The number of nitrogens with one attached hydrogen (secondary N) is 1. The molecule has 2 aliphatic rings. The van der Waals surface area contributed by atoms with Crippen molar-refractivity contribution in [1.82, 2.24) is 15.1 Å². The lowest BCUT2D eigenvalue weighted by Gasteiger charge is -2.34. The maximum atomic E-state index is 13.0. The van der Waals surface area contributed by atoms with Crippen molar-refractivity contribution in [3.05, 3.63) is 72.3 Å². The molecule has 178 valence electrons. The van der Waals surface area contributed by atoms with E-state index in [-0.39, 0.29) is 17.3 Å². The van der Waals surface area contributed by atoms with Crippen molar-refractivity contribution in [2.24, 2.45) is 0 Å². The van der Waals surface area contributed by atoms with E-state index in [0.717, 1.165) is 51.1 Å². The lowest BCUT2D eigenvalue weighted by molar-refractivity contribution is -0.119. The Morgan fingerprint density at radius 2 is 1.56 bits per heavy atom. The second-order valence-electron chi connectivity index (χ2n) is 8.95. The summed E-state index contributed by atoms with van der Waals surface area (Å²) < 4.78 is 27.3. The third kappa shape index (κ3) is 4.66. The Balaban J connectivity index is 1.07. The van der Waals surface area contributed by atoms with Gasteiger partial charge in [0.1, 0.15) is 6.54 Å². The molecule has 0 aliphatic carbocycles. The van der Waals surface area contributed by atoms with Crippen LogP contribution in [0, 0.1) is 0 Å². The van der Waals surface area contributed by atoms with Gasteiger partial charge >= 0.3 is 0 Å². The van der Waals surface area contributed by atoms with Crippen molar-refractivity contribution in [3.63, 3.8) is 0 Å². The predicted molar refractivity (Wildman–Crippen MR) is 134 cm³/mol. The molecule has 0 bridgehead atoms. The normalized spacial score (nSPS) is 17.8. The van der Waals surface area contributed by atoms with Gasteiger partial charge in [0.15, 0.2) is 0 Å². The van der Waals surface area contributed by atoms with Gasteiger partial charge in [-0.15, -0.1) is 0 Å². The Labute approximate surface area is 201 Å². The maximum Gasteiger partial charge on any atom is 0.265 e. The van der Waals surface area contributed by atoms with Gasteiger partial charge in [-0.05, 0) is 36.0 Å². The fraction of sp³-hybridized carbons (Fsp3) is 0.346. The van der Waals surface area contributed by atoms with Crippen LogP contribution in [0.4, 0.5) is 5.69 Å².